The number of carbonyl (C=O) groups is 1. The lowest BCUT2D eigenvalue weighted by molar-refractivity contribution is -0.613. The van der Waals surface area contributed by atoms with E-state index in [1.165, 1.54) is 11.1 Å². The predicted molar refractivity (Wildman–Crippen MR) is 137 cm³/mol. The van der Waals surface area contributed by atoms with Crippen LogP contribution in [-0.2, 0) is 24.5 Å². The van der Waals surface area contributed by atoms with E-state index in [9.17, 15) is 15.1 Å². The molecule has 9 heteroatoms. The van der Waals surface area contributed by atoms with Crippen molar-refractivity contribution < 1.29 is 24.1 Å². The number of pyridine rings is 1. The monoisotopic (exact) mass is 500 g/mol. The fourth-order valence-electron chi connectivity index (χ4n) is 3.57. The molecule has 0 fully saturated rings. The number of anilines is 1. The molecule has 0 bridgehead atoms. The number of ether oxygens (including phenoxy) is 2. The fraction of sp³-hybridized carbons (Fsp3) is 0.286. The second-order valence-electron chi connectivity index (χ2n) is 9.32. The van der Waals surface area contributed by atoms with Crippen LogP contribution in [0.4, 0.5) is 16.2 Å². The molecular weight excluding hydrogens is 472 g/mol. The second kappa shape index (κ2) is 11.4. The lowest BCUT2D eigenvalue weighted by atomic mass is 10.1. The molecule has 3 rings (SSSR count). The van der Waals surface area contributed by atoms with Crippen molar-refractivity contribution in [2.75, 3.05) is 4.90 Å². The van der Waals surface area contributed by atoms with Crippen LogP contribution in [0.3, 0.4) is 0 Å². The Balaban J connectivity index is 1.99. The van der Waals surface area contributed by atoms with Gasteiger partial charge >= 0.3 is 6.09 Å². The zero-order valence-corrected chi connectivity index (χ0v) is 21.2. The molecule has 0 spiro atoms. The van der Waals surface area contributed by atoms with Crippen LogP contribution in [0.1, 0.15) is 48.7 Å². The van der Waals surface area contributed by atoms with Gasteiger partial charge in [-0.15, -0.1) is 0 Å². The molecule has 0 saturated heterocycles. The minimum absolute atomic E-state index is 0.0880. The average molecular weight is 501 g/mol. The molecule has 190 valence electrons. The summed E-state index contributed by atoms with van der Waals surface area (Å²) in [6.07, 6.45) is 0.653. The van der Waals surface area contributed by atoms with Gasteiger partial charge in [0.25, 0.3) is 0 Å². The molecular formula is C28H28N4O5. The van der Waals surface area contributed by atoms with Gasteiger partial charge in [-0.3, -0.25) is 4.90 Å². The molecule has 2 aromatic carbocycles. The Morgan fingerprint density at radius 3 is 2.38 bits per heavy atom. The van der Waals surface area contributed by atoms with Crippen molar-refractivity contribution >= 4 is 17.5 Å². The summed E-state index contributed by atoms with van der Waals surface area (Å²) in [4.78, 5) is 17.9. The molecule has 37 heavy (non-hydrogen) atoms. The van der Waals surface area contributed by atoms with E-state index in [1.807, 2.05) is 6.07 Å². The Bertz CT molecular complexity index is 1350. The van der Waals surface area contributed by atoms with Crippen LogP contribution in [-0.4, -0.2) is 16.8 Å². The van der Waals surface area contributed by atoms with Crippen LogP contribution in [0.5, 0.6) is 5.75 Å². The third-order valence-electron chi connectivity index (χ3n) is 5.45. The number of hydrogen-bond acceptors (Lipinski definition) is 6. The summed E-state index contributed by atoms with van der Waals surface area (Å²) >= 11 is 0. The van der Waals surface area contributed by atoms with Gasteiger partial charge in [0, 0.05) is 23.7 Å². The van der Waals surface area contributed by atoms with Crippen LogP contribution in [0.15, 0.2) is 54.7 Å². The van der Waals surface area contributed by atoms with Gasteiger partial charge in [0.2, 0.25) is 5.69 Å². The highest BCUT2D eigenvalue weighted by Crippen LogP contribution is 2.29. The minimum Gasteiger partial charge on any atom is -0.618 e. The highest BCUT2D eigenvalue weighted by molar-refractivity contribution is 5.88. The normalized spacial score (nSPS) is 10.8. The first-order chi connectivity index (χ1) is 17.6. The van der Waals surface area contributed by atoms with E-state index in [-0.39, 0.29) is 24.6 Å². The SMILES string of the molecule is [C-]#[N+]c1ccc(COc2c(CO)c(CN(C(=O)OC(C)(C)C)c3ccc(C#N)cc3)c[n+]([O-])c2C)cc1. The second-order valence-corrected chi connectivity index (χ2v) is 9.32. The molecule has 3 aromatic rings. The molecule has 0 radical (unpaired) electrons. The number of amides is 1. The highest BCUT2D eigenvalue weighted by Gasteiger charge is 2.28. The molecule has 0 unspecified atom stereocenters. The largest absolute Gasteiger partial charge is 0.618 e. The number of benzene rings is 2. The zero-order valence-electron chi connectivity index (χ0n) is 21.2. The molecule has 0 aliphatic carbocycles. The zero-order chi connectivity index (χ0) is 27.2. The van der Waals surface area contributed by atoms with Gasteiger partial charge in [-0.25, -0.2) is 9.64 Å². The summed E-state index contributed by atoms with van der Waals surface area (Å²) < 4.78 is 12.2. The lowest BCUT2D eigenvalue weighted by Crippen LogP contribution is -2.38. The van der Waals surface area contributed by atoms with Crippen LogP contribution in [0.2, 0.25) is 0 Å². The summed E-state index contributed by atoms with van der Waals surface area (Å²) in [6.45, 7) is 13.5. The van der Waals surface area contributed by atoms with Crippen molar-refractivity contribution in [1.82, 2.24) is 0 Å². The number of aliphatic hydroxyl groups is 1. The minimum atomic E-state index is -0.773. The third-order valence-corrected chi connectivity index (χ3v) is 5.45. The predicted octanol–water partition coefficient (Wildman–Crippen LogP) is 5.06. The Kier molecular flexibility index (Phi) is 8.33. The smallest absolute Gasteiger partial charge is 0.415 e. The van der Waals surface area contributed by atoms with Gasteiger partial charge in [-0.1, -0.05) is 24.3 Å². The van der Waals surface area contributed by atoms with Crippen LogP contribution in [0.25, 0.3) is 4.85 Å². The summed E-state index contributed by atoms with van der Waals surface area (Å²) in [5.41, 5.74) is 2.39. The van der Waals surface area contributed by atoms with Crippen molar-refractivity contribution in [1.29, 1.82) is 5.26 Å². The summed E-state index contributed by atoms with van der Waals surface area (Å²) in [7, 11) is 0. The van der Waals surface area contributed by atoms with Gasteiger partial charge in [0.1, 0.15) is 12.2 Å². The third kappa shape index (κ3) is 6.75. The lowest BCUT2D eigenvalue weighted by Gasteiger charge is -2.28. The van der Waals surface area contributed by atoms with E-state index >= 15 is 0 Å². The van der Waals surface area contributed by atoms with E-state index < -0.39 is 18.3 Å². The van der Waals surface area contributed by atoms with E-state index in [0.717, 1.165) is 5.56 Å². The van der Waals surface area contributed by atoms with Crippen LogP contribution >= 0.6 is 0 Å². The van der Waals surface area contributed by atoms with Crippen LogP contribution in [0, 0.1) is 30.0 Å². The Morgan fingerprint density at radius 1 is 1.19 bits per heavy atom. The van der Waals surface area contributed by atoms with Gasteiger partial charge in [0.15, 0.2) is 17.6 Å². The topological polar surface area (TPSA) is 114 Å². The molecule has 0 aliphatic heterocycles. The number of rotatable bonds is 7. The van der Waals surface area contributed by atoms with Crippen molar-refractivity contribution in [3.63, 3.8) is 0 Å². The summed E-state index contributed by atoms with van der Waals surface area (Å²) in [5.74, 6) is 0.216. The maximum absolute atomic E-state index is 13.2. The first-order valence-electron chi connectivity index (χ1n) is 11.5. The van der Waals surface area contributed by atoms with Crippen molar-refractivity contribution in [3.05, 3.63) is 99.3 Å². The van der Waals surface area contributed by atoms with E-state index in [0.29, 0.717) is 32.8 Å². The number of nitrogens with zero attached hydrogens (tertiary/aromatic N) is 4. The molecule has 0 aliphatic rings. The van der Waals surface area contributed by atoms with Crippen molar-refractivity contribution in [2.45, 2.75) is 53.1 Å². The molecule has 9 nitrogen and oxygen atoms in total. The number of aliphatic hydroxyl groups excluding tert-OH is 1. The Hall–Kier alpha value is -4.60. The average Bonchev–Trinajstić information content (AvgIpc) is 2.87. The summed E-state index contributed by atoms with van der Waals surface area (Å²) in [6, 6.07) is 15.3. The van der Waals surface area contributed by atoms with Crippen molar-refractivity contribution in [3.8, 4) is 11.8 Å². The molecule has 0 atom stereocenters. The first-order valence-corrected chi connectivity index (χ1v) is 11.5. The van der Waals surface area contributed by atoms with E-state index in [4.69, 9.17) is 21.3 Å². The standard InChI is InChI=1S/C28H28N4O5/c1-19-26(36-18-21-6-10-23(30-5)11-7-21)25(17-33)22(16-32(19)35)15-31(27(34)37-28(2,3)4)24-12-8-20(14-29)9-13-24/h6-13,16,33H,15,17-18H2,1-4H3. The maximum Gasteiger partial charge on any atom is 0.415 e. The highest BCUT2D eigenvalue weighted by atomic mass is 16.6. The van der Waals surface area contributed by atoms with Gasteiger partial charge in [-0.05, 0) is 50.6 Å². The Labute approximate surface area is 216 Å². The molecule has 1 aromatic heterocycles. The number of aromatic nitrogens is 1. The van der Waals surface area contributed by atoms with E-state index in [1.54, 1.807) is 76.2 Å². The summed E-state index contributed by atoms with van der Waals surface area (Å²) in [5, 5.41) is 32.2. The van der Waals surface area contributed by atoms with E-state index in [2.05, 4.69) is 4.85 Å². The van der Waals surface area contributed by atoms with Gasteiger partial charge < -0.3 is 19.8 Å². The van der Waals surface area contributed by atoms with Crippen LogP contribution < -0.4 is 14.4 Å². The quantitative estimate of drug-likeness (QED) is 0.275. The number of carbonyl (C=O) groups excluding carboxylic acids is 1. The Morgan fingerprint density at radius 2 is 1.84 bits per heavy atom. The van der Waals surface area contributed by atoms with Gasteiger partial charge in [-0.2, -0.15) is 9.99 Å². The molecule has 1 amide bonds. The molecule has 1 heterocycles. The van der Waals surface area contributed by atoms with Crippen molar-refractivity contribution in [2.24, 2.45) is 0 Å². The van der Waals surface area contributed by atoms with Gasteiger partial charge in [0.05, 0.1) is 31.4 Å². The number of nitriles is 1. The first kappa shape index (κ1) is 27.0. The maximum atomic E-state index is 13.2. The number of hydrogen-bond donors (Lipinski definition) is 1. The fourth-order valence-corrected chi connectivity index (χ4v) is 3.57. The molecule has 1 N–H and O–H groups in total. The molecule has 0 saturated carbocycles.